The Morgan fingerprint density at radius 1 is 1.29 bits per heavy atom. The normalized spacial score (nSPS) is 10.4. The van der Waals surface area contributed by atoms with Crippen LogP contribution in [0.5, 0.6) is 0 Å². The van der Waals surface area contributed by atoms with E-state index in [1.165, 1.54) is 0 Å². The number of rotatable bonds is 4. The van der Waals surface area contributed by atoms with Gasteiger partial charge in [0.05, 0.1) is 6.42 Å². The minimum atomic E-state index is -1.16. The number of para-hydroxylation sites is 1. The molecule has 1 aromatic carbocycles. The molecule has 0 atom stereocenters. The predicted molar refractivity (Wildman–Crippen MR) is 60.6 cm³/mol. The Balaban J connectivity index is 2.03. The van der Waals surface area contributed by atoms with Gasteiger partial charge >= 0.3 is 11.9 Å². The fourth-order valence-corrected chi connectivity index (χ4v) is 1.58. The summed E-state index contributed by atoms with van der Waals surface area (Å²) in [6.45, 7) is -0.598. The molecule has 5 heteroatoms. The van der Waals surface area contributed by atoms with Crippen LogP contribution in [-0.2, 0) is 20.7 Å². The number of aliphatic carboxylic acids is 1. The number of carbonyl (C=O) groups excluding carboxylic acids is 1. The van der Waals surface area contributed by atoms with Crippen LogP contribution >= 0.6 is 0 Å². The minimum Gasteiger partial charge on any atom is -0.479 e. The van der Waals surface area contributed by atoms with E-state index in [1.807, 2.05) is 30.3 Å². The highest BCUT2D eigenvalue weighted by atomic mass is 16.5. The fourth-order valence-electron chi connectivity index (χ4n) is 1.58. The highest BCUT2D eigenvalue weighted by Crippen LogP contribution is 2.15. The number of esters is 1. The number of H-pyrrole nitrogens is 1. The van der Waals surface area contributed by atoms with Crippen molar-refractivity contribution in [2.24, 2.45) is 0 Å². The van der Waals surface area contributed by atoms with E-state index >= 15 is 0 Å². The van der Waals surface area contributed by atoms with Crippen LogP contribution in [0.15, 0.2) is 30.3 Å². The summed E-state index contributed by atoms with van der Waals surface area (Å²) in [7, 11) is 0. The SMILES string of the molecule is O=C(O)COC(=O)Cc1cc2ccccc2[nH]1. The van der Waals surface area contributed by atoms with E-state index in [0.29, 0.717) is 5.69 Å². The molecule has 1 heterocycles. The molecule has 2 N–H and O–H groups in total. The number of aromatic nitrogens is 1. The van der Waals surface area contributed by atoms with Gasteiger partial charge < -0.3 is 14.8 Å². The third-order valence-electron chi connectivity index (χ3n) is 2.28. The van der Waals surface area contributed by atoms with Gasteiger partial charge in [0.25, 0.3) is 0 Å². The maximum Gasteiger partial charge on any atom is 0.341 e. The van der Waals surface area contributed by atoms with Crippen LogP contribution in [0.4, 0.5) is 0 Å². The maximum atomic E-state index is 11.3. The summed E-state index contributed by atoms with van der Waals surface area (Å²) in [6.07, 6.45) is 0.0436. The molecule has 5 nitrogen and oxygen atoms in total. The van der Waals surface area contributed by atoms with Gasteiger partial charge in [-0.3, -0.25) is 4.79 Å². The van der Waals surface area contributed by atoms with Crippen molar-refractivity contribution in [1.29, 1.82) is 0 Å². The van der Waals surface area contributed by atoms with Gasteiger partial charge in [0.1, 0.15) is 0 Å². The molecular formula is C12H11NO4. The van der Waals surface area contributed by atoms with Gasteiger partial charge in [-0.15, -0.1) is 0 Å². The number of nitrogens with one attached hydrogen (secondary N) is 1. The van der Waals surface area contributed by atoms with Crippen LogP contribution in [0.2, 0.25) is 0 Å². The summed E-state index contributed by atoms with van der Waals surface area (Å²) >= 11 is 0. The Morgan fingerprint density at radius 2 is 2.06 bits per heavy atom. The lowest BCUT2D eigenvalue weighted by Crippen LogP contribution is -2.14. The van der Waals surface area contributed by atoms with E-state index in [1.54, 1.807) is 0 Å². The molecule has 17 heavy (non-hydrogen) atoms. The molecule has 0 saturated heterocycles. The lowest BCUT2D eigenvalue weighted by Gasteiger charge is -1.99. The Bertz CT molecular complexity index is 525. The first-order valence-corrected chi connectivity index (χ1v) is 5.09. The first-order valence-electron chi connectivity index (χ1n) is 5.09. The number of aromatic amines is 1. The largest absolute Gasteiger partial charge is 0.479 e. The second-order valence-corrected chi connectivity index (χ2v) is 3.61. The first kappa shape index (κ1) is 11.2. The van der Waals surface area contributed by atoms with Gasteiger partial charge in [-0.05, 0) is 17.5 Å². The predicted octanol–water partition coefficient (Wildman–Crippen LogP) is 1.34. The molecule has 0 aliphatic rings. The molecule has 0 aliphatic carbocycles. The van der Waals surface area contributed by atoms with E-state index in [9.17, 15) is 9.59 Å². The number of ether oxygens (including phenoxy) is 1. The maximum absolute atomic E-state index is 11.3. The summed E-state index contributed by atoms with van der Waals surface area (Å²) in [5, 5.41) is 9.37. The molecule has 0 aliphatic heterocycles. The van der Waals surface area contributed by atoms with E-state index in [2.05, 4.69) is 9.72 Å². The average molecular weight is 233 g/mol. The van der Waals surface area contributed by atoms with Gasteiger partial charge in [0.15, 0.2) is 6.61 Å². The number of carbonyl (C=O) groups is 2. The van der Waals surface area contributed by atoms with Crippen LogP contribution in [0.1, 0.15) is 5.69 Å². The van der Waals surface area contributed by atoms with Crippen molar-refractivity contribution in [3.63, 3.8) is 0 Å². The first-order chi connectivity index (χ1) is 8.15. The van der Waals surface area contributed by atoms with Crippen LogP contribution in [0.25, 0.3) is 10.9 Å². The zero-order valence-corrected chi connectivity index (χ0v) is 8.97. The summed E-state index contributed by atoms with van der Waals surface area (Å²) in [5.41, 5.74) is 1.65. The van der Waals surface area contributed by atoms with Crippen LogP contribution in [0.3, 0.4) is 0 Å². The summed E-state index contributed by atoms with van der Waals surface area (Å²) in [4.78, 5) is 24.6. The molecule has 0 spiro atoms. The summed E-state index contributed by atoms with van der Waals surface area (Å²) < 4.78 is 4.54. The van der Waals surface area contributed by atoms with Gasteiger partial charge in [0.2, 0.25) is 0 Å². The Kier molecular flexibility index (Phi) is 3.09. The highest BCUT2D eigenvalue weighted by molar-refractivity contribution is 5.83. The summed E-state index contributed by atoms with van der Waals surface area (Å²) in [5.74, 6) is -1.71. The second-order valence-electron chi connectivity index (χ2n) is 3.61. The van der Waals surface area contributed by atoms with Crippen LogP contribution in [-0.4, -0.2) is 28.6 Å². The van der Waals surface area contributed by atoms with Crippen molar-refractivity contribution in [3.05, 3.63) is 36.0 Å². The molecule has 2 aromatic rings. The molecule has 1 aromatic heterocycles. The van der Waals surface area contributed by atoms with Gasteiger partial charge in [-0.1, -0.05) is 18.2 Å². The Morgan fingerprint density at radius 3 is 2.76 bits per heavy atom. The quantitative estimate of drug-likeness (QED) is 0.781. The topological polar surface area (TPSA) is 79.4 Å². The number of hydrogen-bond acceptors (Lipinski definition) is 3. The molecule has 88 valence electrons. The van der Waals surface area contributed by atoms with Crippen molar-refractivity contribution < 1.29 is 19.4 Å². The standard InChI is InChI=1S/C12H11NO4/c14-11(15)7-17-12(16)6-9-5-8-3-1-2-4-10(8)13-9/h1-5,13H,6-7H2,(H,14,15). The van der Waals surface area contributed by atoms with E-state index in [0.717, 1.165) is 10.9 Å². The number of carboxylic acids is 1. The molecule has 0 unspecified atom stereocenters. The molecule has 2 rings (SSSR count). The van der Waals surface area contributed by atoms with E-state index in [4.69, 9.17) is 5.11 Å². The minimum absolute atomic E-state index is 0.0436. The monoisotopic (exact) mass is 233 g/mol. The molecule has 0 fully saturated rings. The Labute approximate surface area is 97.0 Å². The van der Waals surface area contributed by atoms with Crippen molar-refractivity contribution in [1.82, 2.24) is 4.98 Å². The number of fused-ring (bicyclic) bond motifs is 1. The lowest BCUT2D eigenvalue weighted by molar-refractivity contribution is -0.154. The summed E-state index contributed by atoms with van der Waals surface area (Å²) in [6, 6.07) is 9.48. The Hall–Kier alpha value is -2.30. The van der Waals surface area contributed by atoms with Gasteiger partial charge in [-0.25, -0.2) is 4.79 Å². The average Bonchev–Trinajstić information content (AvgIpc) is 2.68. The van der Waals surface area contributed by atoms with Gasteiger partial charge in [0, 0.05) is 11.2 Å². The zero-order valence-electron chi connectivity index (χ0n) is 8.97. The van der Waals surface area contributed by atoms with Crippen molar-refractivity contribution in [2.75, 3.05) is 6.61 Å². The lowest BCUT2D eigenvalue weighted by atomic mass is 10.2. The molecule has 0 amide bonds. The number of hydrogen-bond donors (Lipinski definition) is 2. The van der Waals surface area contributed by atoms with Crippen LogP contribution < -0.4 is 0 Å². The number of carboxylic acid groups (broad SMARTS) is 1. The third kappa shape index (κ3) is 2.84. The fraction of sp³-hybridized carbons (Fsp3) is 0.167. The third-order valence-corrected chi connectivity index (χ3v) is 2.28. The highest BCUT2D eigenvalue weighted by Gasteiger charge is 2.09. The molecule has 0 saturated carbocycles. The smallest absolute Gasteiger partial charge is 0.341 e. The van der Waals surface area contributed by atoms with Crippen molar-refractivity contribution in [2.45, 2.75) is 6.42 Å². The van der Waals surface area contributed by atoms with Crippen molar-refractivity contribution >= 4 is 22.8 Å². The molecule has 0 bridgehead atoms. The zero-order chi connectivity index (χ0) is 12.3. The van der Waals surface area contributed by atoms with Gasteiger partial charge in [-0.2, -0.15) is 0 Å². The van der Waals surface area contributed by atoms with E-state index in [-0.39, 0.29) is 6.42 Å². The molecule has 0 radical (unpaired) electrons. The number of benzene rings is 1. The molecular weight excluding hydrogens is 222 g/mol. The van der Waals surface area contributed by atoms with Crippen molar-refractivity contribution in [3.8, 4) is 0 Å². The van der Waals surface area contributed by atoms with Crippen LogP contribution in [0, 0.1) is 0 Å². The van der Waals surface area contributed by atoms with E-state index < -0.39 is 18.5 Å². The second kappa shape index (κ2) is 4.69.